The van der Waals surface area contributed by atoms with Crippen LogP contribution < -0.4 is 20.5 Å². The van der Waals surface area contributed by atoms with Crippen LogP contribution in [0.1, 0.15) is 24.3 Å². The summed E-state index contributed by atoms with van der Waals surface area (Å²) in [6.07, 6.45) is 0.898. The highest BCUT2D eigenvalue weighted by Crippen LogP contribution is 2.37. The molecule has 2 aliphatic heterocycles. The third-order valence-electron chi connectivity index (χ3n) is 4.32. The Labute approximate surface area is 150 Å². The van der Waals surface area contributed by atoms with Crippen LogP contribution in [0.2, 0.25) is 0 Å². The Morgan fingerprint density at radius 2 is 1.96 bits per heavy atom. The molecule has 0 radical (unpaired) electrons. The van der Waals surface area contributed by atoms with Gasteiger partial charge in [0.2, 0.25) is 5.91 Å². The van der Waals surface area contributed by atoms with E-state index in [9.17, 15) is 13.2 Å². The van der Waals surface area contributed by atoms with E-state index in [2.05, 4.69) is 23.1 Å². The van der Waals surface area contributed by atoms with E-state index >= 15 is 0 Å². The van der Waals surface area contributed by atoms with Gasteiger partial charge >= 0.3 is 0 Å². The van der Waals surface area contributed by atoms with Crippen molar-refractivity contribution in [3.8, 4) is 0 Å². The average molecular weight is 378 g/mol. The number of thiophene rings is 1. The maximum atomic E-state index is 13.1. The molecule has 1 aromatic heterocycles. The molecule has 3 N–H and O–H groups in total. The molecule has 0 spiro atoms. The van der Waals surface area contributed by atoms with E-state index in [1.165, 1.54) is 15.6 Å². The van der Waals surface area contributed by atoms with Gasteiger partial charge in [0.25, 0.3) is 10.0 Å². The van der Waals surface area contributed by atoms with Crippen molar-refractivity contribution < 1.29 is 13.2 Å². The van der Waals surface area contributed by atoms with Gasteiger partial charge in [0.1, 0.15) is 10.8 Å². The highest BCUT2D eigenvalue weighted by Gasteiger charge is 2.34. The molecule has 7 nitrogen and oxygen atoms in total. The van der Waals surface area contributed by atoms with Crippen LogP contribution in [0.15, 0.2) is 40.6 Å². The van der Waals surface area contributed by atoms with Gasteiger partial charge < -0.3 is 5.32 Å². The summed E-state index contributed by atoms with van der Waals surface area (Å²) >= 11 is 1.24. The fourth-order valence-electron chi connectivity index (χ4n) is 3.09. The molecule has 1 aromatic carbocycles. The lowest BCUT2D eigenvalue weighted by Crippen LogP contribution is -2.41. The van der Waals surface area contributed by atoms with Crippen LogP contribution in [0.5, 0.6) is 0 Å². The molecule has 9 heteroatoms. The van der Waals surface area contributed by atoms with E-state index in [4.69, 9.17) is 0 Å². The first-order valence-electron chi connectivity index (χ1n) is 7.97. The lowest BCUT2D eigenvalue weighted by Gasteiger charge is -2.29. The van der Waals surface area contributed by atoms with Crippen molar-refractivity contribution in [2.24, 2.45) is 0 Å². The number of nitrogens with one attached hydrogen (secondary N) is 3. The Bertz CT molecular complexity index is 925. The predicted octanol–water partition coefficient (Wildman–Crippen LogP) is 1.82. The van der Waals surface area contributed by atoms with Crippen molar-refractivity contribution in [2.45, 2.75) is 29.6 Å². The minimum Gasteiger partial charge on any atom is -0.323 e. The van der Waals surface area contributed by atoms with Crippen molar-refractivity contribution in [1.82, 2.24) is 10.9 Å². The van der Waals surface area contributed by atoms with Crippen LogP contribution in [-0.2, 0) is 14.8 Å². The maximum Gasteiger partial charge on any atom is 0.274 e. The van der Waals surface area contributed by atoms with Crippen LogP contribution in [0.4, 0.5) is 11.4 Å². The van der Waals surface area contributed by atoms with Crippen LogP contribution in [0, 0.1) is 0 Å². The highest BCUT2D eigenvalue weighted by atomic mass is 32.2. The lowest BCUT2D eigenvalue weighted by molar-refractivity contribution is -0.115. The largest absolute Gasteiger partial charge is 0.323 e. The van der Waals surface area contributed by atoms with Gasteiger partial charge in [-0.3, -0.25) is 14.5 Å². The summed E-state index contributed by atoms with van der Waals surface area (Å²) in [6.45, 7) is 1.86. The van der Waals surface area contributed by atoms with Crippen molar-refractivity contribution in [3.05, 3.63) is 41.3 Å². The van der Waals surface area contributed by atoms with Crippen LogP contribution in [-0.4, -0.2) is 26.9 Å². The molecular weight excluding hydrogens is 360 g/mol. The number of hydrogen-bond acceptors (Lipinski definition) is 6. The molecular formula is C16H18N4O3S2. The Morgan fingerprint density at radius 3 is 2.72 bits per heavy atom. The zero-order chi connectivity index (χ0) is 17.6. The molecule has 132 valence electrons. The number of sulfonamides is 1. The molecule has 2 atom stereocenters. The standard InChI is InChI=1S/C16H18N4O3S2/c1-10-8-12(19-18-10)14-6-7-16(24-14)25(22,23)20-9-15(21)17-11-4-2-3-5-13(11)20/h2-7,10,12,18-19H,8-9H2,1H3,(H,17,21). The number of fused-ring (bicyclic) bond motifs is 1. The first-order valence-corrected chi connectivity index (χ1v) is 10.2. The quantitative estimate of drug-likeness (QED) is 0.758. The number of para-hydroxylation sites is 2. The van der Waals surface area contributed by atoms with Crippen molar-refractivity contribution in [2.75, 3.05) is 16.2 Å². The van der Waals surface area contributed by atoms with Gasteiger partial charge in [-0.15, -0.1) is 11.3 Å². The molecule has 0 aliphatic carbocycles. The Hall–Kier alpha value is -1.94. The van der Waals surface area contributed by atoms with E-state index in [0.29, 0.717) is 17.4 Å². The number of amides is 1. The minimum atomic E-state index is -3.79. The van der Waals surface area contributed by atoms with Gasteiger partial charge in [-0.2, -0.15) is 0 Å². The van der Waals surface area contributed by atoms with Gasteiger partial charge in [0, 0.05) is 10.9 Å². The number of carbonyl (C=O) groups is 1. The van der Waals surface area contributed by atoms with E-state index in [1.807, 2.05) is 6.07 Å². The molecule has 25 heavy (non-hydrogen) atoms. The fraction of sp³-hybridized carbons (Fsp3) is 0.312. The van der Waals surface area contributed by atoms with Crippen LogP contribution in [0.25, 0.3) is 0 Å². The summed E-state index contributed by atoms with van der Waals surface area (Å²) in [5.41, 5.74) is 7.32. The van der Waals surface area contributed by atoms with Crippen molar-refractivity contribution in [3.63, 3.8) is 0 Å². The number of hydrazine groups is 1. The van der Waals surface area contributed by atoms with Crippen molar-refractivity contribution >= 4 is 38.6 Å². The second kappa shape index (κ2) is 6.10. The monoisotopic (exact) mass is 378 g/mol. The third-order valence-corrected chi connectivity index (χ3v) is 7.74. The summed E-state index contributed by atoms with van der Waals surface area (Å²) in [6, 6.07) is 10.8. The summed E-state index contributed by atoms with van der Waals surface area (Å²) in [4.78, 5) is 12.9. The molecule has 1 fully saturated rings. The second-order valence-electron chi connectivity index (χ2n) is 6.21. The summed E-state index contributed by atoms with van der Waals surface area (Å²) in [7, 11) is -3.79. The molecule has 2 aliphatic rings. The van der Waals surface area contributed by atoms with Gasteiger partial charge in [-0.1, -0.05) is 12.1 Å². The topological polar surface area (TPSA) is 90.5 Å². The number of carbonyl (C=O) groups excluding carboxylic acids is 1. The molecule has 1 saturated heterocycles. The highest BCUT2D eigenvalue weighted by molar-refractivity contribution is 7.94. The van der Waals surface area contributed by atoms with E-state index in [0.717, 1.165) is 11.3 Å². The van der Waals surface area contributed by atoms with E-state index in [-0.39, 0.29) is 22.7 Å². The number of benzene rings is 1. The second-order valence-corrected chi connectivity index (χ2v) is 9.42. The Morgan fingerprint density at radius 1 is 1.16 bits per heavy atom. The van der Waals surface area contributed by atoms with Crippen LogP contribution >= 0.6 is 11.3 Å². The first-order chi connectivity index (χ1) is 11.9. The van der Waals surface area contributed by atoms with Gasteiger partial charge in [0.15, 0.2) is 0 Å². The van der Waals surface area contributed by atoms with Crippen LogP contribution in [0.3, 0.4) is 0 Å². The summed E-state index contributed by atoms with van der Waals surface area (Å²) < 4.78 is 27.6. The van der Waals surface area contributed by atoms with Gasteiger partial charge in [-0.05, 0) is 37.6 Å². The molecule has 3 heterocycles. The van der Waals surface area contributed by atoms with E-state index in [1.54, 1.807) is 30.3 Å². The van der Waals surface area contributed by atoms with Gasteiger partial charge in [0.05, 0.1) is 17.4 Å². The lowest BCUT2D eigenvalue weighted by atomic mass is 10.1. The number of hydrogen-bond donors (Lipinski definition) is 3. The SMILES string of the molecule is CC1CC(c2ccc(S(=O)(=O)N3CC(=O)Nc4ccccc43)s2)NN1. The molecule has 2 unspecified atom stereocenters. The van der Waals surface area contributed by atoms with Crippen molar-refractivity contribution in [1.29, 1.82) is 0 Å². The normalized spacial score (nSPS) is 23.4. The average Bonchev–Trinajstić information content (AvgIpc) is 3.23. The van der Waals surface area contributed by atoms with Gasteiger partial charge in [-0.25, -0.2) is 13.8 Å². The smallest absolute Gasteiger partial charge is 0.274 e. The maximum absolute atomic E-state index is 13.1. The Balaban J connectivity index is 1.69. The Kier molecular flexibility index (Phi) is 4.03. The minimum absolute atomic E-state index is 0.0980. The third kappa shape index (κ3) is 2.93. The first kappa shape index (κ1) is 16.5. The zero-order valence-corrected chi connectivity index (χ0v) is 15.2. The molecule has 1 amide bonds. The molecule has 0 saturated carbocycles. The summed E-state index contributed by atoms with van der Waals surface area (Å²) in [5.74, 6) is -0.338. The number of nitrogens with zero attached hydrogens (tertiary/aromatic N) is 1. The number of rotatable bonds is 3. The zero-order valence-electron chi connectivity index (χ0n) is 13.5. The van der Waals surface area contributed by atoms with E-state index < -0.39 is 10.0 Å². The molecule has 2 aromatic rings. The number of anilines is 2. The molecule has 4 rings (SSSR count). The fourth-order valence-corrected chi connectivity index (χ4v) is 6.03. The summed E-state index contributed by atoms with van der Waals surface area (Å²) in [5, 5.41) is 2.71. The predicted molar refractivity (Wildman–Crippen MR) is 97.0 cm³/mol. The molecule has 0 bridgehead atoms.